The van der Waals surface area contributed by atoms with E-state index in [1.165, 1.54) is 7.11 Å². The summed E-state index contributed by atoms with van der Waals surface area (Å²) < 4.78 is 58.2. The Bertz CT molecular complexity index is 2310. The average molecular weight is 1140 g/mol. The highest BCUT2D eigenvalue weighted by atomic mass is 16.7. The molecule has 4 fully saturated rings. The molecule has 4 aliphatic heterocycles. The number of hydrogen-bond donors (Lipinski definition) is 8. The minimum atomic E-state index is -1.87. The number of aliphatic hydroxyl groups excluding tert-OH is 6. The number of aliphatic carboxylic acids is 1. The highest BCUT2D eigenvalue weighted by Gasteiger charge is 2.53. The van der Waals surface area contributed by atoms with E-state index >= 15 is 0 Å². The van der Waals surface area contributed by atoms with E-state index in [-0.39, 0.29) is 49.1 Å². The Balaban J connectivity index is 0.000000300. The molecule has 4 saturated heterocycles. The zero-order valence-electron chi connectivity index (χ0n) is 47.2. The normalized spacial score (nSPS) is 34.0. The zero-order chi connectivity index (χ0) is 58.8. The Kier molecular flexibility index (Phi) is 26.1. The van der Waals surface area contributed by atoms with Crippen LogP contribution in [-0.4, -0.2) is 191 Å². The number of nitrogens with two attached hydrogens (primary N) is 1. The lowest BCUT2D eigenvalue weighted by Crippen LogP contribution is -2.65. The topological polar surface area (TPSA) is 314 Å². The Hall–Kier alpha value is -4.73. The third kappa shape index (κ3) is 17.9. The molecule has 22 heteroatoms. The van der Waals surface area contributed by atoms with Crippen LogP contribution in [0.2, 0.25) is 0 Å². The van der Waals surface area contributed by atoms with E-state index < -0.39 is 105 Å². The van der Waals surface area contributed by atoms with Gasteiger partial charge in [-0.2, -0.15) is 0 Å². The summed E-state index contributed by atoms with van der Waals surface area (Å²) in [5.74, 6) is -1.68. The molecule has 9 N–H and O–H groups in total. The molecular weight excluding hydrogens is 1060 g/mol. The predicted octanol–water partition coefficient (Wildman–Crippen LogP) is 3.51. The Morgan fingerprint density at radius 1 is 0.580 bits per heavy atom. The van der Waals surface area contributed by atoms with Crippen molar-refractivity contribution in [3.8, 4) is 0 Å². The molecule has 81 heavy (non-hydrogen) atoms. The number of unbranched alkanes of at least 4 members (excludes halogenated alkanes) is 2. The number of benzene rings is 3. The van der Waals surface area contributed by atoms with Crippen LogP contribution in [0.1, 0.15) is 77.0 Å². The van der Waals surface area contributed by atoms with Crippen LogP contribution in [0.4, 0.5) is 4.79 Å². The molecule has 8 unspecified atom stereocenters. The summed E-state index contributed by atoms with van der Waals surface area (Å²) in [6.45, 7) is 12.5. The van der Waals surface area contributed by atoms with E-state index in [4.69, 9.17) is 53.1 Å². The fourth-order valence-corrected chi connectivity index (χ4v) is 10.5. The van der Waals surface area contributed by atoms with Gasteiger partial charge in [-0.15, -0.1) is 0 Å². The molecule has 0 radical (unpaired) electrons. The fraction of sp³-hybridized carbons (Fsp3) is 0.644. The van der Waals surface area contributed by atoms with Gasteiger partial charge in [0, 0.05) is 37.5 Å². The van der Waals surface area contributed by atoms with E-state index in [1.54, 1.807) is 4.90 Å². The van der Waals surface area contributed by atoms with Gasteiger partial charge in [0.05, 0.1) is 45.2 Å². The Morgan fingerprint density at radius 2 is 1.19 bits per heavy atom. The fourth-order valence-electron chi connectivity index (χ4n) is 10.5. The van der Waals surface area contributed by atoms with Gasteiger partial charge < -0.3 is 93.7 Å². The number of ether oxygens (including phenoxy) is 10. The van der Waals surface area contributed by atoms with E-state index in [9.17, 15) is 50.1 Å². The Morgan fingerprint density at radius 3 is 1.79 bits per heavy atom. The number of nitrogens with zero attached hydrogens (tertiary/aromatic N) is 1. The molecule has 3 aromatic carbocycles. The van der Waals surface area contributed by atoms with Crippen LogP contribution in [-0.2, 0) is 76.7 Å². The second kappa shape index (κ2) is 32.4. The molecule has 3 aromatic rings. The summed E-state index contributed by atoms with van der Waals surface area (Å²) in [7, 11) is 1.38. The smallest absolute Gasteiger partial charge is 0.410 e. The number of carboxylic acids is 1. The van der Waals surface area contributed by atoms with Crippen molar-refractivity contribution in [3.63, 3.8) is 0 Å². The van der Waals surface area contributed by atoms with Crippen molar-refractivity contribution in [1.82, 2.24) is 4.90 Å². The molecule has 0 bridgehead atoms. The van der Waals surface area contributed by atoms with Gasteiger partial charge in [-0.25, -0.2) is 14.4 Å². The molecule has 22 nitrogen and oxygen atoms in total. The quantitative estimate of drug-likeness (QED) is 0.0470. The van der Waals surface area contributed by atoms with Crippen molar-refractivity contribution in [2.24, 2.45) is 35.3 Å². The number of carbonyl (C=O) groups is 3. The first-order valence-electron chi connectivity index (χ1n) is 28.1. The summed E-state index contributed by atoms with van der Waals surface area (Å²) in [5, 5.41) is 69.2. The van der Waals surface area contributed by atoms with Crippen molar-refractivity contribution >= 4 is 18.0 Å². The maximum Gasteiger partial charge on any atom is 0.410 e. The van der Waals surface area contributed by atoms with Crippen LogP contribution in [0, 0.1) is 29.6 Å². The van der Waals surface area contributed by atoms with Gasteiger partial charge in [0.15, 0.2) is 31.1 Å². The number of amides is 1. The van der Waals surface area contributed by atoms with Crippen molar-refractivity contribution in [3.05, 3.63) is 108 Å². The van der Waals surface area contributed by atoms with Crippen LogP contribution in [0.3, 0.4) is 0 Å². The lowest BCUT2D eigenvalue weighted by Gasteiger charge is -2.49. The van der Waals surface area contributed by atoms with Gasteiger partial charge in [-0.05, 0) is 60.8 Å². The van der Waals surface area contributed by atoms with Crippen molar-refractivity contribution < 1.29 is 97.5 Å². The van der Waals surface area contributed by atoms with Crippen molar-refractivity contribution in [2.45, 2.75) is 172 Å². The van der Waals surface area contributed by atoms with Crippen molar-refractivity contribution in [1.29, 1.82) is 0 Å². The number of carboxylic acid groups (broad SMARTS) is 1. The number of aliphatic hydroxyl groups is 6. The lowest BCUT2D eigenvalue weighted by molar-refractivity contribution is -0.356. The SMILES string of the molecule is COC(=O)C1O[C@@H](CCN(Cc2ccccc2)C(=O)OCc2ccccc2)C(C)[C@@H](O[C@@H]2OC(COCc3ccccc3)[C@H](C)[C@H](C)C2C)[C@H]1C.NCCCCCO[C@@H]1OC(C(=O)O)[C@H](O)[C@H](O[C@@H]2OC(CO)[C@H](O)[C@H](O)C2O)C1O. The molecule has 0 aliphatic carbocycles. The molecule has 7 rings (SSSR count). The first kappa shape index (κ1) is 65.4. The van der Waals surface area contributed by atoms with E-state index in [2.05, 4.69) is 39.8 Å². The van der Waals surface area contributed by atoms with E-state index in [0.717, 1.165) is 29.5 Å². The third-order valence-electron chi connectivity index (χ3n) is 15.9. The number of carbonyl (C=O) groups excluding carboxylic acids is 2. The van der Waals surface area contributed by atoms with Gasteiger partial charge >= 0.3 is 18.0 Å². The predicted molar refractivity (Wildman–Crippen MR) is 290 cm³/mol. The van der Waals surface area contributed by atoms with Gasteiger partial charge in [0.1, 0.15) is 49.3 Å². The lowest BCUT2D eigenvalue weighted by atomic mass is 9.78. The molecule has 0 saturated carbocycles. The van der Waals surface area contributed by atoms with Crippen molar-refractivity contribution in [2.75, 3.05) is 40.0 Å². The van der Waals surface area contributed by atoms with E-state index in [1.807, 2.05) is 85.8 Å². The molecule has 0 spiro atoms. The summed E-state index contributed by atoms with van der Waals surface area (Å²) in [6.07, 6.45) is -16.7. The molecule has 452 valence electrons. The molecule has 20 atom stereocenters. The third-order valence-corrected chi connectivity index (χ3v) is 15.9. The zero-order valence-corrected chi connectivity index (χ0v) is 47.2. The van der Waals surface area contributed by atoms with Gasteiger partial charge in [0.2, 0.25) is 0 Å². The maximum atomic E-state index is 13.5. The molecule has 0 aromatic heterocycles. The highest BCUT2D eigenvalue weighted by molar-refractivity contribution is 5.75. The van der Waals surface area contributed by atoms with Crippen LogP contribution in [0.15, 0.2) is 91.0 Å². The van der Waals surface area contributed by atoms with Crippen LogP contribution < -0.4 is 5.73 Å². The maximum absolute atomic E-state index is 13.5. The minimum Gasteiger partial charge on any atom is -0.479 e. The number of methoxy groups -OCH3 is 1. The first-order chi connectivity index (χ1) is 38.9. The molecule has 4 aliphatic rings. The highest BCUT2D eigenvalue weighted by Crippen LogP contribution is 2.41. The molecule has 4 heterocycles. The van der Waals surface area contributed by atoms with Crippen LogP contribution >= 0.6 is 0 Å². The summed E-state index contributed by atoms with van der Waals surface area (Å²) >= 11 is 0. The first-order valence-corrected chi connectivity index (χ1v) is 28.1. The number of rotatable bonds is 24. The van der Waals surface area contributed by atoms with Gasteiger partial charge in [0.25, 0.3) is 0 Å². The Labute approximate surface area is 474 Å². The monoisotopic (exact) mass is 1140 g/mol. The molecule has 1 amide bonds. The number of esters is 1. The number of hydrogen-bond acceptors (Lipinski definition) is 20. The van der Waals surface area contributed by atoms with Crippen LogP contribution in [0.5, 0.6) is 0 Å². The standard InChI is InChI=1S/C42H55NO8.C17H31NO12/c1-28-29(2)37(27-47-25-34-18-12-8-13-19-34)50-41(30(28)3)51-38-31(4)36(49-39(32(38)5)40(44)46-6)22-23-43(24-33-16-10-7-11-17-33)42(45)48-26-35-20-14-9-15-21-35;18-4-2-1-3-5-27-16-12(24)13(11(23)14(30-16)15(25)26)29-17-10(22)9(21)8(20)7(6-19)28-17/h7-21,28-32,36-39,41H,22-27H2,1-6H3;7-14,16-17,19-24H,1-6,18H2,(H,25,26)/t28-,29+,30?,31?,32+,36-,37?,38+,39?,41-;7?,8-,9-,10?,11+,12?,13-,14?,16+,17-/m00/s1. The van der Waals surface area contributed by atoms with Crippen LogP contribution in [0.25, 0.3) is 0 Å². The average Bonchev–Trinajstić information content (AvgIpc) is 3.58. The minimum absolute atomic E-state index is 0.113. The summed E-state index contributed by atoms with van der Waals surface area (Å²) in [5.41, 5.74) is 8.42. The van der Waals surface area contributed by atoms with E-state index in [0.29, 0.717) is 51.6 Å². The van der Waals surface area contributed by atoms with Gasteiger partial charge in [-0.1, -0.05) is 126 Å². The molecular formula is C59H86N2O20. The largest absolute Gasteiger partial charge is 0.479 e. The summed E-state index contributed by atoms with van der Waals surface area (Å²) in [4.78, 5) is 39.7. The second-order valence-corrected chi connectivity index (χ2v) is 21.6. The second-order valence-electron chi connectivity index (χ2n) is 21.6. The van der Waals surface area contributed by atoms with Gasteiger partial charge in [-0.3, -0.25) is 0 Å². The summed E-state index contributed by atoms with van der Waals surface area (Å²) in [6, 6.07) is 29.6.